The maximum absolute atomic E-state index is 12.4. The fraction of sp³-hybridized carbons (Fsp3) is 0.286. The number of amides is 1. The Kier molecular flexibility index (Phi) is 5.38. The van der Waals surface area contributed by atoms with Crippen LogP contribution >= 0.6 is 23.2 Å². The van der Waals surface area contributed by atoms with Crippen molar-refractivity contribution < 1.29 is 9.21 Å². The summed E-state index contributed by atoms with van der Waals surface area (Å²) >= 11 is 12.3. The van der Waals surface area contributed by atoms with Crippen molar-refractivity contribution >= 4 is 29.1 Å². The first-order valence-corrected chi connectivity index (χ1v) is 9.92. The molecule has 0 saturated carbocycles. The van der Waals surface area contributed by atoms with Gasteiger partial charge in [0.1, 0.15) is 0 Å². The van der Waals surface area contributed by atoms with Gasteiger partial charge >= 0.3 is 0 Å². The molecule has 0 saturated heterocycles. The first-order chi connectivity index (χ1) is 13.5. The highest BCUT2D eigenvalue weighted by Crippen LogP contribution is 2.39. The zero-order valence-corrected chi connectivity index (χ0v) is 16.8. The van der Waals surface area contributed by atoms with Gasteiger partial charge in [0, 0.05) is 18.4 Å². The highest BCUT2D eigenvalue weighted by Gasteiger charge is 2.26. The molecule has 1 unspecified atom stereocenters. The van der Waals surface area contributed by atoms with Gasteiger partial charge in [-0.3, -0.25) is 4.79 Å². The molecule has 1 atom stereocenters. The average Bonchev–Trinajstić information content (AvgIpc) is 3.31. The van der Waals surface area contributed by atoms with Crippen molar-refractivity contribution in [1.29, 1.82) is 0 Å². The van der Waals surface area contributed by atoms with Gasteiger partial charge in [-0.1, -0.05) is 47.0 Å². The van der Waals surface area contributed by atoms with Gasteiger partial charge < -0.3 is 9.73 Å². The van der Waals surface area contributed by atoms with Crippen molar-refractivity contribution in [2.24, 2.45) is 0 Å². The fourth-order valence-corrected chi connectivity index (χ4v) is 3.88. The predicted molar refractivity (Wildman–Crippen MR) is 108 cm³/mol. The minimum atomic E-state index is -0.0565. The van der Waals surface area contributed by atoms with Crippen LogP contribution in [0.15, 0.2) is 40.8 Å². The molecule has 1 aromatic heterocycles. The van der Waals surface area contributed by atoms with Gasteiger partial charge in [0.2, 0.25) is 17.7 Å². The summed E-state index contributed by atoms with van der Waals surface area (Å²) in [5.74, 6) is 0.859. The quantitative estimate of drug-likeness (QED) is 0.629. The summed E-state index contributed by atoms with van der Waals surface area (Å²) in [5.41, 5.74) is 4.10. The van der Waals surface area contributed by atoms with Crippen LogP contribution in [-0.4, -0.2) is 16.1 Å². The van der Waals surface area contributed by atoms with Gasteiger partial charge in [-0.2, -0.15) is 0 Å². The number of aromatic nitrogens is 2. The molecular weight excluding hydrogens is 397 g/mol. The Morgan fingerprint density at radius 3 is 2.75 bits per heavy atom. The van der Waals surface area contributed by atoms with Gasteiger partial charge in [0.25, 0.3) is 0 Å². The standard InChI is InChI=1S/C21H19Cl2N3O2/c1-12-2-4-13(5-3-12)21-26-25-19(28-21)11-10-18(27)24-17-9-7-15-14(17)6-8-16(22)20(15)23/h2-6,8,17H,7,9-11H2,1H3,(H,24,27). The number of hydrogen-bond donors (Lipinski definition) is 1. The third-order valence-electron chi connectivity index (χ3n) is 4.96. The van der Waals surface area contributed by atoms with Crippen LogP contribution < -0.4 is 5.32 Å². The summed E-state index contributed by atoms with van der Waals surface area (Å²) in [6.07, 6.45) is 2.30. The molecule has 7 heteroatoms. The number of nitrogens with zero attached hydrogens (tertiary/aromatic N) is 2. The molecule has 0 radical (unpaired) electrons. The van der Waals surface area contributed by atoms with Gasteiger partial charge in [-0.05, 0) is 49.1 Å². The van der Waals surface area contributed by atoms with Crippen LogP contribution in [0.1, 0.15) is 41.5 Å². The summed E-state index contributed by atoms with van der Waals surface area (Å²) in [4.78, 5) is 12.4. The molecule has 0 aliphatic heterocycles. The second-order valence-electron chi connectivity index (χ2n) is 6.95. The Balaban J connectivity index is 1.35. The highest BCUT2D eigenvalue weighted by atomic mass is 35.5. The van der Waals surface area contributed by atoms with E-state index in [-0.39, 0.29) is 18.4 Å². The van der Waals surface area contributed by atoms with Crippen LogP contribution in [0.2, 0.25) is 10.0 Å². The molecule has 0 bridgehead atoms. The van der Waals surface area contributed by atoms with E-state index in [0.717, 1.165) is 35.1 Å². The Bertz CT molecular complexity index is 1010. The average molecular weight is 416 g/mol. The predicted octanol–water partition coefficient (Wildman–Crippen LogP) is 5.09. The molecule has 1 aliphatic carbocycles. The Labute approximate surface area is 173 Å². The lowest BCUT2D eigenvalue weighted by Gasteiger charge is -2.14. The van der Waals surface area contributed by atoms with E-state index >= 15 is 0 Å². The van der Waals surface area contributed by atoms with Crippen LogP contribution in [0.3, 0.4) is 0 Å². The molecule has 2 aromatic carbocycles. The molecule has 144 valence electrons. The smallest absolute Gasteiger partial charge is 0.247 e. The lowest BCUT2D eigenvalue weighted by molar-refractivity contribution is -0.121. The Morgan fingerprint density at radius 1 is 1.18 bits per heavy atom. The van der Waals surface area contributed by atoms with E-state index in [1.165, 1.54) is 0 Å². The number of nitrogens with one attached hydrogen (secondary N) is 1. The van der Waals surface area contributed by atoms with Crippen molar-refractivity contribution in [2.45, 2.75) is 38.6 Å². The molecular formula is C21H19Cl2N3O2. The van der Waals surface area contributed by atoms with E-state index in [4.69, 9.17) is 27.6 Å². The number of hydrogen-bond acceptors (Lipinski definition) is 4. The van der Waals surface area contributed by atoms with Crippen molar-refractivity contribution in [2.75, 3.05) is 0 Å². The first kappa shape index (κ1) is 19.0. The van der Waals surface area contributed by atoms with Gasteiger partial charge in [-0.25, -0.2) is 0 Å². The number of benzene rings is 2. The monoisotopic (exact) mass is 415 g/mol. The lowest BCUT2D eigenvalue weighted by atomic mass is 10.1. The zero-order chi connectivity index (χ0) is 19.7. The fourth-order valence-electron chi connectivity index (χ4n) is 3.44. The molecule has 28 heavy (non-hydrogen) atoms. The van der Waals surface area contributed by atoms with Crippen molar-refractivity contribution in [1.82, 2.24) is 15.5 Å². The Hall–Kier alpha value is -2.37. The van der Waals surface area contributed by atoms with Crippen LogP contribution in [0, 0.1) is 6.92 Å². The van der Waals surface area contributed by atoms with E-state index in [2.05, 4.69) is 15.5 Å². The van der Waals surface area contributed by atoms with Gasteiger partial charge in [0.15, 0.2) is 0 Å². The molecule has 3 aromatic rings. The van der Waals surface area contributed by atoms with E-state index in [0.29, 0.717) is 28.2 Å². The number of carbonyl (C=O) groups excluding carboxylic acids is 1. The summed E-state index contributed by atoms with van der Waals surface area (Å²) in [7, 11) is 0. The number of halogens is 2. The molecule has 1 heterocycles. The Morgan fingerprint density at radius 2 is 1.96 bits per heavy atom. The summed E-state index contributed by atoms with van der Waals surface area (Å²) in [5, 5.41) is 12.3. The normalized spacial score (nSPS) is 15.5. The van der Waals surface area contributed by atoms with Crippen molar-refractivity contribution in [3.63, 3.8) is 0 Å². The van der Waals surface area contributed by atoms with Crippen molar-refractivity contribution in [3.05, 3.63) is 69.0 Å². The maximum atomic E-state index is 12.4. The zero-order valence-electron chi connectivity index (χ0n) is 15.3. The number of aryl methyl sites for hydroxylation is 2. The topological polar surface area (TPSA) is 68.0 Å². The van der Waals surface area contributed by atoms with Gasteiger partial charge in [-0.15, -0.1) is 10.2 Å². The van der Waals surface area contributed by atoms with E-state index in [1.54, 1.807) is 6.07 Å². The third-order valence-corrected chi connectivity index (χ3v) is 5.80. The molecule has 4 rings (SSSR count). The van der Waals surface area contributed by atoms with Crippen LogP contribution in [0.5, 0.6) is 0 Å². The number of fused-ring (bicyclic) bond motifs is 1. The molecule has 5 nitrogen and oxygen atoms in total. The molecule has 0 fully saturated rings. The number of rotatable bonds is 5. The van der Waals surface area contributed by atoms with E-state index in [1.807, 2.05) is 37.3 Å². The lowest BCUT2D eigenvalue weighted by Crippen LogP contribution is -2.27. The summed E-state index contributed by atoms with van der Waals surface area (Å²) < 4.78 is 5.68. The molecule has 0 spiro atoms. The van der Waals surface area contributed by atoms with E-state index in [9.17, 15) is 4.79 Å². The first-order valence-electron chi connectivity index (χ1n) is 9.17. The molecule has 1 aliphatic rings. The SMILES string of the molecule is Cc1ccc(-c2nnc(CCC(=O)NC3CCc4c3ccc(Cl)c4Cl)o2)cc1. The molecule has 1 amide bonds. The summed E-state index contributed by atoms with van der Waals surface area (Å²) in [6.45, 7) is 2.02. The summed E-state index contributed by atoms with van der Waals surface area (Å²) in [6, 6.07) is 11.5. The van der Waals surface area contributed by atoms with Crippen LogP contribution in [0.4, 0.5) is 0 Å². The van der Waals surface area contributed by atoms with E-state index < -0.39 is 0 Å². The van der Waals surface area contributed by atoms with Gasteiger partial charge in [0.05, 0.1) is 16.1 Å². The maximum Gasteiger partial charge on any atom is 0.247 e. The highest BCUT2D eigenvalue weighted by molar-refractivity contribution is 6.42. The van der Waals surface area contributed by atoms with Crippen LogP contribution in [0.25, 0.3) is 11.5 Å². The molecule has 1 N–H and O–H groups in total. The number of carbonyl (C=O) groups is 1. The van der Waals surface area contributed by atoms with Crippen LogP contribution in [-0.2, 0) is 17.6 Å². The minimum absolute atomic E-state index is 0.0388. The minimum Gasteiger partial charge on any atom is -0.421 e. The largest absolute Gasteiger partial charge is 0.421 e. The third kappa shape index (κ3) is 3.91. The second kappa shape index (κ2) is 7.94. The van der Waals surface area contributed by atoms with Crippen molar-refractivity contribution in [3.8, 4) is 11.5 Å². The second-order valence-corrected chi connectivity index (χ2v) is 7.74.